The van der Waals surface area contributed by atoms with Crippen LogP contribution in [-0.4, -0.2) is 31.0 Å². The Morgan fingerprint density at radius 2 is 2.00 bits per heavy atom. The lowest BCUT2D eigenvalue weighted by atomic mass is 10.2. The number of ether oxygens (including phenoxy) is 1. The van der Waals surface area contributed by atoms with Crippen molar-refractivity contribution in [2.24, 2.45) is 0 Å². The number of para-hydroxylation sites is 1. The van der Waals surface area contributed by atoms with Crippen molar-refractivity contribution < 1.29 is 9.53 Å². The largest absolute Gasteiger partial charge is 0.496 e. The van der Waals surface area contributed by atoms with Crippen molar-refractivity contribution in [3.05, 3.63) is 66.9 Å². The highest BCUT2D eigenvalue weighted by Gasteiger charge is 2.15. The molecule has 5 nitrogen and oxygen atoms in total. The van der Waals surface area contributed by atoms with Gasteiger partial charge in [-0.2, -0.15) is 5.26 Å². The second-order valence-corrected chi connectivity index (χ2v) is 4.65. The molecule has 1 rings (SSSR count). The van der Waals surface area contributed by atoms with Crippen LogP contribution >= 0.6 is 0 Å². The zero-order chi connectivity index (χ0) is 17.1. The van der Waals surface area contributed by atoms with E-state index in [1.54, 1.807) is 19.3 Å². The lowest BCUT2D eigenvalue weighted by Crippen LogP contribution is -2.32. The third kappa shape index (κ3) is 5.36. The lowest BCUT2D eigenvalue weighted by Gasteiger charge is -2.18. The minimum Gasteiger partial charge on any atom is -0.496 e. The Hall–Kier alpha value is -3.00. The molecule has 120 valence electrons. The van der Waals surface area contributed by atoms with Gasteiger partial charge in [0, 0.05) is 31.4 Å². The minimum absolute atomic E-state index is 0.0311. The standard InChI is InChI=1S/C18H21N3O2/c1-4-10-21(11-5-2)18(22)16(12-19)14-20-13-15-8-6-7-9-17(15)23-3/h4-9,14,20H,1-2,10-11,13H2,3H3/b16-14-. The summed E-state index contributed by atoms with van der Waals surface area (Å²) in [4.78, 5) is 13.8. The predicted octanol–water partition coefficient (Wildman–Crippen LogP) is 2.39. The van der Waals surface area contributed by atoms with E-state index in [-0.39, 0.29) is 11.5 Å². The Bertz CT molecular complexity index is 619. The normalized spacial score (nSPS) is 10.3. The molecule has 0 aliphatic heterocycles. The molecule has 0 heterocycles. The highest BCUT2D eigenvalue weighted by atomic mass is 16.5. The number of carbonyl (C=O) groups is 1. The van der Waals surface area contributed by atoms with E-state index in [9.17, 15) is 10.1 Å². The molecule has 1 N–H and O–H groups in total. The molecular formula is C18H21N3O2. The van der Waals surface area contributed by atoms with Gasteiger partial charge in [-0.3, -0.25) is 4.79 Å². The number of methoxy groups -OCH3 is 1. The van der Waals surface area contributed by atoms with Crippen molar-refractivity contribution >= 4 is 5.91 Å². The first-order chi connectivity index (χ1) is 11.2. The van der Waals surface area contributed by atoms with Gasteiger partial charge in [0.15, 0.2) is 0 Å². The van der Waals surface area contributed by atoms with Crippen molar-refractivity contribution in [1.82, 2.24) is 10.2 Å². The van der Waals surface area contributed by atoms with Crippen LogP contribution in [-0.2, 0) is 11.3 Å². The van der Waals surface area contributed by atoms with Crippen molar-refractivity contribution in [2.45, 2.75) is 6.54 Å². The van der Waals surface area contributed by atoms with Crippen LogP contribution in [0.5, 0.6) is 5.75 Å². The summed E-state index contributed by atoms with van der Waals surface area (Å²) in [6.45, 7) is 8.39. The molecule has 5 heteroatoms. The number of rotatable bonds is 9. The van der Waals surface area contributed by atoms with Crippen LogP contribution in [0.3, 0.4) is 0 Å². The maximum absolute atomic E-state index is 12.3. The van der Waals surface area contributed by atoms with Crippen molar-refractivity contribution in [3.63, 3.8) is 0 Å². The maximum Gasteiger partial charge on any atom is 0.266 e. The predicted molar refractivity (Wildman–Crippen MR) is 90.5 cm³/mol. The van der Waals surface area contributed by atoms with E-state index >= 15 is 0 Å². The summed E-state index contributed by atoms with van der Waals surface area (Å²) in [5.41, 5.74) is 0.966. The summed E-state index contributed by atoms with van der Waals surface area (Å²) in [5, 5.41) is 12.2. The van der Waals surface area contributed by atoms with Gasteiger partial charge in [-0.15, -0.1) is 13.2 Å². The molecule has 0 aromatic heterocycles. The topological polar surface area (TPSA) is 65.4 Å². The zero-order valence-corrected chi connectivity index (χ0v) is 13.3. The Kier molecular flexibility index (Phi) is 7.73. The van der Waals surface area contributed by atoms with Crippen LogP contribution in [0.1, 0.15) is 5.56 Å². The molecule has 1 amide bonds. The van der Waals surface area contributed by atoms with Gasteiger partial charge in [0.2, 0.25) is 0 Å². The van der Waals surface area contributed by atoms with Gasteiger partial charge in [-0.25, -0.2) is 0 Å². The summed E-state index contributed by atoms with van der Waals surface area (Å²) in [7, 11) is 1.60. The second-order valence-electron chi connectivity index (χ2n) is 4.65. The van der Waals surface area contributed by atoms with Gasteiger partial charge in [0.05, 0.1) is 7.11 Å². The SMILES string of the molecule is C=CCN(CC=C)C(=O)/C(C#N)=C\NCc1ccccc1OC. The number of nitrogens with one attached hydrogen (secondary N) is 1. The molecule has 0 radical (unpaired) electrons. The summed E-state index contributed by atoms with van der Waals surface area (Å²) < 4.78 is 5.26. The number of carbonyl (C=O) groups excluding carboxylic acids is 1. The number of nitrogens with zero attached hydrogens (tertiary/aromatic N) is 2. The molecule has 0 aliphatic rings. The minimum atomic E-state index is -0.361. The first-order valence-corrected chi connectivity index (χ1v) is 7.14. The number of amides is 1. The molecule has 0 saturated heterocycles. The quantitative estimate of drug-likeness (QED) is 0.432. The van der Waals surface area contributed by atoms with Crippen LogP contribution in [0.2, 0.25) is 0 Å². The van der Waals surface area contributed by atoms with Crippen LogP contribution in [0.4, 0.5) is 0 Å². The fraction of sp³-hybridized carbons (Fsp3) is 0.222. The molecule has 0 fully saturated rings. The Balaban J connectivity index is 2.78. The molecule has 0 aliphatic carbocycles. The van der Waals surface area contributed by atoms with Crippen molar-refractivity contribution in [3.8, 4) is 11.8 Å². The van der Waals surface area contributed by atoms with E-state index in [1.807, 2.05) is 30.3 Å². The Morgan fingerprint density at radius 3 is 2.57 bits per heavy atom. The summed E-state index contributed by atoms with van der Waals surface area (Å²) in [5.74, 6) is 0.387. The molecule has 0 saturated carbocycles. The number of nitriles is 1. The van der Waals surface area contributed by atoms with Crippen LogP contribution in [0.25, 0.3) is 0 Å². The summed E-state index contributed by atoms with van der Waals surface area (Å²) in [6.07, 6.45) is 4.64. The molecule has 0 atom stereocenters. The van der Waals surface area contributed by atoms with Gasteiger partial charge in [-0.1, -0.05) is 30.4 Å². The van der Waals surface area contributed by atoms with Gasteiger partial charge in [0.1, 0.15) is 17.4 Å². The van der Waals surface area contributed by atoms with E-state index in [0.29, 0.717) is 19.6 Å². The van der Waals surface area contributed by atoms with Crippen molar-refractivity contribution in [1.29, 1.82) is 5.26 Å². The zero-order valence-electron chi connectivity index (χ0n) is 13.3. The molecule has 0 unspecified atom stereocenters. The Labute approximate surface area is 137 Å². The first kappa shape index (κ1) is 18.1. The lowest BCUT2D eigenvalue weighted by molar-refractivity contribution is -0.125. The molecule has 0 spiro atoms. The average Bonchev–Trinajstić information content (AvgIpc) is 2.58. The van der Waals surface area contributed by atoms with Gasteiger partial charge < -0.3 is 15.0 Å². The highest BCUT2D eigenvalue weighted by molar-refractivity contribution is 5.97. The second kappa shape index (κ2) is 9.85. The Morgan fingerprint density at radius 1 is 1.35 bits per heavy atom. The van der Waals surface area contributed by atoms with E-state index in [2.05, 4.69) is 18.5 Å². The number of benzene rings is 1. The molecule has 23 heavy (non-hydrogen) atoms. The van der Waals surface area contributed by atoms with E-state index in [4.69, 9.17) is 4.74 Å². The fourth-order valence-corrected chi connectivity index (χ4v) is 1.98. The third-order valence-electron chi connectivity index (χ3n) is 3.07. The van der Waals surface area contributed by atoms with Gasteiger partial charge in [-0.05, 0) is 6.07 Å². The van der Waals surface area contributed by atoms with Crippen LogP contribution < -0.4 is 10.1 Å². The van der Waals surface area contributed by atoms with E-state index in [1.165, 1.54) is 11.1 Å². The third-order valence-corrected chi connectivity index (χ3v) is 3.07. The van der Waals surface area contributed by atoms with E-state index < -0.39 is 0 Å². The summed E-state index contributed by atoms with van der Waals surface area (Å²) >= 11 is 0. The van der Waals surface area contributed by atoms with Crippen molar-refractivity contribution in [2.75, 3.05) is 20.2 Å². The average molecular weight is 311 g/mol. The molecule has 1 aromatic carbocycles. The van der Waals surface area contributed by atoms with E-state index in [0.717, 1.165) is 11.3 Å². The molecular weight excluding hydrogens is 290 g/mol. The monoisotopic (exact) mass is 311 g/mol. The maximum atomic E-state index is 12.3. The van der Waals surface area contributed by atoms with Crippen LogP contribution in [0, 0.1) is 11.3 Å². The van der Waals surface area contributed by atoms with Gasteiger partial charge >= 0.3 is 0 Å². The van der Waals surface area contributed by atoms with Gasteiger partial charge in [0.25, 0.3) is 5.91 Å². The number of hydrogen-bond donors (Lipinski definition) is 1. The molecule has 1 aromatic rings. The smallest absolute Gasteiger partial charge is 0.266 e. The molecule has 0 bridgehead atoms. The summed E-state index contributed by atoms with van der Waals surface area (Å²) in [6, 6.07) is 9.47. The highest BCUT2D eigenvalue weighted by Crippen LogP contribution is 2.16. The fourth-order valence-electron chi connectivity index (χ4n) is 1.98. The first-order valence-electron chi connectivity index (χ1n) is 7.14. The van der Waals surface area contributed by atoms with Crippen LogP contribution in [0.15, 0.2) is 61.3 Å². The number of hydrogen-bond acceptors (Lipinski definition) is 4.